The van der Waals surface area contributed by atoms with Crippen molar-refractivity contribution in [3.63, 3.8) is 0 Å². The van der Waals surface area contributed by atoms with Gasteiger partial charge in [0.05, 0.1) is 19.0 Å². The molecule has 0 unspecified atom stereocenters. The molecule has 1 N–H and O–H groups in total. The summed E-state index contributed by atoms with van der Waals surface area (Å²) in [6.45, 7) is 3.85. The number of carbonyl (C=O) groups excluding carboxylic acids is 1. The van der Waals surface area contributed by atoms with Crippen LogP contribution in [-0.2, 0) is 17.9 Å². The summed E-state index contributed by atoms with van der Waals surface area (Å²) in [7, 11) is 2.03. The molecule has 2 heterocycles. The topological polar surface area (TPSA) is 59.4 Å². The molecule has 1 atom stereocenters. The molecule has 1 amide bonds. The molecule has 1 saturated carbocycles. The zero-order chi connectivity index (χ0) is 19.6. The standard InChI is InChI=1S/C22H30N4O2/c1-17(14-26-13-5-12-24-26)21(27)25-15-18-6-3-4-7-20(18)28-22(16-25)10-8-19(23-2)9-11-22/h3-7,12-13,17,19,23H,8-11,14-16H2,1-2H3/t17-,19?,22?/m1/s1. The molecule has 0 saturated heterocycles. The second kappa shape index (κ2) is 7.95. The van der Waals surface area contributed by atoms with Gasteiger partial charge in [-0.15, -0.1) is 0 Å². The third kappa shape index (κ3) is 3.92. The summed E-state index contributed by atoms with van der Waals surface area (Å²) in [6, 6.07) is 10.6. The zero-order valence-corrected chi connectivity index (χ0v) is 16.8. The van der Waals surface area contributed by atoms with E-state index in [-0.39, 0.29) is 17.4 Å². The third-order valence-corrected chi connectivity index (χ3v) is 6.20. The second-order valence-electron chi connectivity index (χ2n) is 8.28. The molecule has 4 rings (SSSR count). The average Bonchev–Trinajstić information content (AvgIpc) is 3.16. The van der Waals surface area contributed by atoms with Crippen LogP contribution in [0.15, 0.2) is 42.7 Å². The van der Waals surface area contributed by atoms with Crippen molar-refractivity contribution in [1.82, 2.24) is 20.0 Å². The lowest BCUT2D eigenvalue weighted by molar-refractivity contribution is -0.139. The molecule has 6 heteroatoms. The Morgan fingerprint density at radius 2 is 2.11 bits per heavy atom. The number of benzene rings is 1. The Hall–Kier alpha value is -2.34. The molecule has 1 fully saturated rings. The minimum Gasteiger partial charge on any atom is -0.485 e. The van der Waals surface area contributed by atoms with E-state index in [4.69, 9.17) is 4.74 Å². The molecule has 28 heavy (non-hydrogen) atoms. The van der Waals surface area contributed by atoms with E-state index in [2.05, 4.69) is 16.5 Å². The molecule has 1 aromatic carbocycles. The van der Waals surface area contributed by atoms with E-state index in [0.29, 0.717) is 25.7 Å². The average molecular weight is 383 g/mol. The molecule has 0 radical (unpaired) electrons. The molecule has 1 spiro atoms. The Labute approximate surface area is 166 Å². The SMILES string of the molecule is CNC1CCC2(CC1)CN(C(=O)[C@H](C)Cn1cccn1)Cc1ccccc1O2. The number of amides is 1. The molecular formula is C22H30N4O2. The summed E-state index contributed by atoms with van der Waals surface area (Å²) in [5.41, 5.74) is 0.802. The van der Waals surface area contributed by atoms with E-state index < -0.39 is 0 Å². The van der Waals surface area contributed by atoms with Crippen molar-refractivity contribution >= 4 is 5.91 Å². The summed E-state index contributed by atoms with van der Waals surface area (Å²) in [6.07, 6.45) is 7.73. The minimum atomic E-state index is -0.291. The van der Waals surface area contributed by atoms with Crippen molar-refractivity contribution in [2.75, 3.05) is 13.6 Å². The number of carbonyl (C=O) groups is 1. The second-order valence-corrected chi connectivity index (χ2v) is 8.28. The Bertz CT molecular complexity index is 797. The van der Waals surface area contributed by atoms with Crippen molar-refractivity contribution in [2.45, 2.75) is 57.3 Å². The molecule has 2 aromatic rings. The van der Waals surface area contributed by atoms with Gasteiger partial charge in [0.15, 0.2) is 0 Å². The fraction of sp³-hybridized carbons (Fsp3) is 0.545. The quantitative estimate of drug-likeness (QED) is 0.883. The maximum atomic E-state index is 13.4. The fourth-order valence-corrected chi connectivity index (χ4v) is 4.54. The first-order valence-corrected chi connectivity index (χ1v) is 10.3. The number of ether oxygens (including phenoxy) is 1. The van der Waals surface area contributed by atoms with Crippen LogP contribution in [0.2, 0.25) is 0 Å². The summed E-state index contributed by atoms with van der Waals surface area (Å²) in [5.74, 6) is 0.974. The van der Waals surface area contributed by atoms with Crippen LogP contribution in [0.1, 0.15) is 38.2 Å². The summed E-state index contributed by atoms with van der Waals surface area (Å²) < 4.78 is 8.44. The fourth-order valence-electron chi connectivity index (χ4n) is 4.54. The highest BCUT2D eigenvalue weighted by Crippen LogP contribution is 2.38. The Morgan fingerprint density at radius 1 is 1.32 bits per heavy atom. The first kappa shape index (κ1) is 19.0. The third-order valence-electron chi connectivity index (χ3n) is 6.20. The molecule has 6 nitrogen and oxygen atoms in total. The predicted octanol–water partition coefficient (Wildman–Crippen LogP) is 2.84. The zero-order valence-electron chi connectivity index (χ0n) is 16.8. The Balaban J connectivity index is 1.57. The van der Waals surface area contributed by atoms with Crippen molar-refractivity contribution in [3.05, 3.63) is 48.3 Å². The van der Waals surface area contributed by atoms with Crippen LogP contribution in [-0.4, -0.2) is 45.8 Å². The van der Waals surface area contributed by atoms with Gasteiger partial charge in [0, 0.05) is 30.5 Å². The summed E-state index contributed by atoms with van der Waals surface area (Å²) in [4.78, 5) is 15.4. The lowest BCUT2D eigenvalue weighted by atomic mass is 9.81. The summed E-state index contributed by atoms with van der Waals surface area (Å²) >= 11 is 0. The monoisotopic (exact) mass is 382 g/mol. The first-order chi connectivity index (χ1) is 13.6. The number of nitrogens with one attached hydrogen (secondary N) is 1. The van der Waals surface area contributed by atoms with Crippen LogP contribution in [0.5, 0.6) is 5.75 Å². The van der Waals surface area contributed by atoms with E-state index in [0.717, 1.165) is 37.0 Å². The number of hydrogen-bond acceptors (Lipinski definition) is 4. The van der Waals surface area contributed by atoms with Gasteiger partial charge in [0.1, 0.15) is 11.4 Å². The number of fused-ring (bicyclic) bond motifs is 1. The first-order valence-electron chi connectivity index (χ1n) is 10.3. The maximum absolute atomic E-state index is 13.4. The van der Waals surface area contributed by atoms with Crippen molar-refractivity contribution in [3.8, 4) is 5.75 Å². The molecule has 150 valence electrons. The normalized spacial score (nSPS) is 25.6. The molecule has 1 aliphatic heterocycles. The van der Waals surface area contributed by atoms with Crippen LogP contribution in [0.25, 0.3) is 0 Å². The maximum Gasteiger partial charge on any atom is 0.227 e. The highest BCUT2D eigenvalue weighted by molar-refractivity contribution is 5.78. The van der Waals surface area contributed by atoms with Gasteiger partial charge in [-0.1, -0.05) is 25.1 Å². The number of hydrogen-bond donors (Lipinski definition) is 1. The molecular weight excluding hydrogens is 352 g/mol. The van der Waals surface area contributed by atoms with Crippen LogP contribution < -0.4 is 10.1 Å². The number of aromatic nitrogens is 2. The van der Waals surface area contributed by atoms with Gasteiger partial charge < -0.3 is 15.0 Å². The van der Waals surface area contributed by atoms with Gasteiger partial charge >= 0.3 is 0 Å². The van der Waals surface area contributed by atoms with Gasteiger partial charge in [-0.2, -0.15) is 5.10 Å². The predicted molar refractivity (Wildman–Crippen MR) is 108 cm³/mol. The van der Waals surface area contributed by atoms with Gasteiger partial charge in [-0.05, 0) is 44.9 Å². The van der Waals surface area contributed by atoms with Gasteiger partial charge in [-0.25, -0.2) is 0 Å². The Kier molecular flexibility index (Phi) is 5.40. The van der Waals surface area contributed by atoms with E-state index in [1.54, 1.807) is 6.20 Å². The molecule has 0 bridgehead atoms. The number of nitrogens with zero attached hydrogens (tertiary/aromatic N) is 3. The van der Waals surface area contributed by atoms with Gasteiger partial charge in [0.2, 0.25) is 5.91 Å². The van der Waals surface area contributed by atoms with Crippen molar-refractivity contribution in [1.29, 1.82) is 0 Å². The van der Waals surface area contributed by atoms with Crippen LogP contribution >= 0.6 is 0 Å². The van der Waals surface area contributed by atoms with Crippen molar-refractivity contribution < 1.29 is 9.53 Å². The highest BCUT2D eigenvalue weighted by atomic mass is 16.5. The van der Waals surface area contributed by atoms with E-state index in [1.807, 2.05) is 54.0 Å². The van der Waals surface area contributed by atoms with Crippen LogP contribution in [0.4, 0.5) is 0 Å². The van der Waals surface area contributed by atoms with E-state index >= 15 is 0 Å². The summed E-state index contributed by atoms with van der Waals surface area (Å²) in [5, 5.41) is 7.65. The molecule has 1 aromatic heterocycles. The van der Waals surface area contributed by atoms with E-state index in [1.165, 1.54) is 0 Å². The Morgan fingerprint density at radius 3 is 2.82 bits per heavy atom. The number of rotatable bonds is 4. The highest BCUT2D eigenvalue weighted by Gasteiger charge is 2.42. The lowest BCUT2D eigenvalue weighted by Gasteiger charge is -2.41. The number of para-hydroxylation sites is 1. The van der Waals surface area contributed by atoms with Crippen LogP contribution in [0, 0.1) is 5.92 Å². The van der Waals surface area contributed by atoms with E-state index in [9.17, 15) is 4.79 Å². The van der Waals surface area contributed by atoms with Crippen LogP contribution in [0.3, 0.4) is 0 Å². The van der Waals surface area contributed by atoms with Gasteiger partial charge in [-0.3, -0.25) is 9.48 Å². The van der Waals surface area contributed by atoms with Gasteiger partial charge in [0.25, 0.3) is 0 Å². The molecule has 2 aliphatic rings. The van der Waals surface area contributed by atoms with Crippen molar-refractivity contribution in [2.24, 2.45) is 5.92 Å². The largest absolute Gasteiger partial charge is 0.485 e. The smallest absolute Gasteiger partial charge is 0.227 e. The minimum absolute atomic E-state index is 0.129. The molecule has 1 aliphatic carbocycles. The lowest BCUT2D eigenvalue weighted by Crippen LogP contribution is -2.52.